The number of methoxy groups -OCH3 is 2. The van der Waals surface area contributed by atoms with Crippen molar-refractivity contribution in [2.75, 3.05) is 20.8 Å². The van der Waals surface area contributed by atoms with Crippen LogP contribution in [0.25, 0.3) is 5.69 Å². The standard InChI is InChI=1S/C25H26Cl2N4O4/c1-15-9-18(16(2)31(15)21-12-19(26)11-20(27)13-21)14-29-30-25(33)24(32)28-8-7-17-5-6-22(34-3)23(10-17)35-4/h5-6,9-14H,7-8H2,1-4H3,(H,28,32)(H,30,33)/b29-14-. The van der Waals surface area contributed by atoms with Crippen molar-refractivity contribution in [1.29, 1.82) is 0 Å². The fourth-order valence-corrected chi connectivity index (χ4v) is 4.15. The summed E-state index contributed by atoms with van der Waals surface area (Å²) in [6.45, 7) is 4.12. The van der Waals surface area contributed by atoms with E-state index in [1.165, 1.54) is 6.21 Å². The number of rotatable bonds is 8. The van der Waals surface area contributed by atoms with Gasteiger partial charge in [0, 0.05) is 39.2 Å². The van der Waals surface area contributed by atoms with Gasteiger partial charge in [-0.05, 0) is 62.2 Å². The largest absolute Gasteiger partial charge is 0.493 e. The van der Waals surface area contributed by atoms with Gasteiger partial charge in [0.05, 0.1) is 20.4 Å². The molecule has 0 unspecified atom stereocenters. The maximum atomic E-state index is 12.1. The summed E-state index contributed by atoms with van der Waals surface area (Å²) in [4.78, 5) is 24.2. The van der Waals surface area contributed by atoms with E-state index in [1.807, 2.05) is 48.7 Å². The van der Waals surface area contributed by atoms with Crippen LogP contribution in [0.2, 0.25) is 10.0 Å². The van der Waals surface area contributed by atoms with E-state index in [2.05, 4.69) is 15.8 Å². The lowest BCUT2D eigenvalue weighted by molar-refractivity contribution is -0.139. The highest BCUT2D eigenvalue weighted by atomic mass is 35.5. The summed E-state index contributed by atoms with van der Waals surface area (Å²) in [6.07, 6.45) is 2.00. The quantitative estimate of drug-likeness (QED) is 0.266. The Bertz CT molecular complexity index is 1250. The third kappa shape index (κ3) is 6.55. The summed E-state index contributed by atoms with van der Waals surface area (Å²) in [5, 5.41) is 7.56. The molecule has 3 aromatic rings. The number of ether oxygens (including phenoxy) is 2. The van der Waals surface area contributed by atoms with Crippen LogP contribution in [-0.2, 0) is 16.0 Å². The Labute approximate surface area is 213 Å². The lowest BCUT2D eigenvalue weighted by Gasteiger charge is -2.10. The molecule has 0 radical (unpaired) electrons. The third-order valence-corrected chi connectivity index (χ3v) is 5.74. The highest BCUT2D eigenvalue weighted by Gasteiger charge is 2.14. The van der Waals surface area contributed by atoms with E-state index in [9.17, 15) is 9.59 Å². The molecule has 3 rings (SSSR count). The van der Waals surface area contributed by atoms with E-state index in [1.54, 1.807) is 26.4 Å². The molecular formula is C25H26Cl2N4O4. The van der Waals surface area contributed by atoms with Crippen LogP contribution in [-0.4, -0.2) is 43.4 Å². The molecule has 184 valence electrons. The SMILES string of the molecule is COc1ccc(CCNC(=O)C(=O)N/N=C\c2cc(C)n(-c3cc(Cl)cc(Cl)c3)c2C)cc1OC. The van der Waals surface area contributed by atoms with Gasteiger partial charge >= 0.3 is 11.8 Å². The number of carbonyl (C=O) groups excluding carboxylic acids is 2. The zero-order valence-corrected chi connectivity index (χ0v) is 21.3. The Morgan fingerprint density at radius 1 is 0.971 bits per heavy atom. The van der Waals surface area contributed by atoms with Gasteiger partial charge in [0.1, 0.15) is 0 Å². The van der Waals surface area contributed by atoms with E-state index in [0.717, 1.165) is 28.2 Å². The zero-order chi connectivity index (χ0) is 25.5. The summed E-state index contributed by atoms with van der Waals surface area (Å²) in [5.74, 6) is -0.415. The molecule has 0 fully saturated rings. The van der Waals surface area contributed by atoms with Crippen molar-refractivity contribution < 1.29 is 19.1 Å². The number of benzene rings is 2. The van der Waals surface area contributed by atoms with E-state index in [-0.39, 0.29) is 6.54 Å². The summed E-state index contributed by atoms with van der Waals surface area (Å²) in [6, 6.07) is 12.7. The highest BCUT2D eigenvalue weighted by molar-refractivity contribution is 6.35. The Morgan fingerprint density at radius 2 is 1.66 bits per heavy atom. The number of halogens is 2. The van der Waals surface area contributed by atoms with Gasteiger partial charge in [-0.15, -0.1) is 0 Å². The molecule has 0 saturated heterocycles. The summed E-state index contributed by atoms with van der Waals surface area (Å²) < 4.78 is 12.5. The molecule has 0 aliphatic rings. The van der Waals surface area contributed by atoms with E-state index < -0.39 is 11.8 Å². The smallest absolute Gasteiger partial charge is 0.329 e. The molecular weight excluding hydrogens is 491 g/mol. The molecule has 0 bridgehead atoms. The van der Waals surface area contributed by atoms with Gasteiger partial charge in [-0.3, -0.25) is 9.59 Å². The van der Waals surface area contributed by atoms with Crippen molar-refractivity contribution in [3.8, 4) is 17.2 Å². The van der Waals surface area contributed by atoms with Crippen LogP contribution in [0.15, 0.2) is 47.6 Å². The molecule has 1 heterocycles. The van der Waals surface area contributed by atoms with Crippen molar-refractivity contribution in [3.63, 3.8) is 0 Å². The molecule has 10 heteroatoms. The second kappa shape index (κ2) is 11.8. The predicted molar refractivity (Wildman–Crippen MR) is 137 cm³/mol. The topological polar surface area (TPSA) is 94.0 Å². The predicted octanol–water partition coefficient (Wildman–Crippen LogP) is 4.23. The average Bonchev–Trinajstić information content (AvgIpc) is 3.10. The number of hydrogen-bond acceptors (Lipinski definition) is 5. The Morgan fingerprint density at radius 3 is 2.31 bits per heavy atom. The first-order chi connectivity index (χ1) is 16.7. The van der Waals surface area contributed by atoms with Crippen LogP contribution in [0.3, 0.4) is 0 Å². The summed E-state index contributed by atoms with van der Waals surface area (Å²) >= 11 is 12.3. The van der Waals surface area contributed by atoms with Gasteiger partial charge in [-0.25, -0.2) is 5.43 Å². The van der Waals surface area contributed by atoms with Crippen LogP contribution in [0.4, 0.5) is 0 Å². The number of hydrazone groups is 1. The van der Waals surface area contributed by atoms with E-state index >= 15 is 0 Å². The second-order valence-corrected chi connectivity index (χ2v) is 8.56. The minimum Gasteiger partial charge on any atom is -0.493 e. The molecule has 0 saturated carbocycles. The number of hydrogen-bond donors (Lipinski definition) is 2. The van der Waals surface area contributed by atoms with Gasteiger partial charge < -0.3 is 19.4 Å². The summed E-state index contributed by atoms with van der Waals surface area (Å²) in [7, 11) is 3.12. The summed E-state index contributed by atoms with van der Waals surface area (Å²) in [5.41, 5.74) is 6.58. The fraction of sp³-hybridized carbons (Fsp3) is 0.240. The Kier molecular flexibility index (Phi) is 8.78. The molecule has 2 aromatic carbocycles. The lowest BCUT2D eigenvalue weighted by atomic mass is 10.1. The van der Waals surface area contributed by atoms with Gasteiger partial charge in [0.25, 0.3) is 0 Å². The first-order valence-electron chi connectivity index (χ1n) is 10.7. The van der Waals surface area contributed by atoms with Crippen LogP contribution < -0.4 is 20.2 Å². The monoisotopic (exact) mass is 516 g/mol. The van der Waals surface area contributed by atoms with Crippen molar-refractivity contribution in [1.82, 2.24) is 15.3 Å². The van der Waals surface area contributed by atoms with E-state index in [0.29, 0.717) is 28.0 Å². The van der Waals surface area contributed by atoms with Crippen LogP contribution >= 0.6 is 23.2 Å². The maximum Gasteiger partial charge on any atom is 0.329 e. The number of aryl methyl sites for hydroxylation is 1. The van der Waals surface area contributed by atoms with Crippen LogP contribution in [0.1, 0.15) is 22.5 Å². The zero-order valence-electron chi connectivity index (χ0n) is 19.8. The van der Waals surface area contributed by atoms with Crippen molar-refractivity contribution in [2.24, 2.45) is 5.10 Å². The second-order valence-electron chi connectivity index (χ2n) is 7.68. The first kappa shape index (κ1) is 26.1. The number of nitrogens with one attached hydrogen (secondary N) is 2. The molecule has 35 heavy (non-hydrogen) atoms. The van der Waals surface area contributed by atoms with E-state index in [4.69, 9.17) is 32.7 Å². The van der Waals surface area contributed by atoms with Crippen molar-refractivity contribution in [3.05, 3.63) is 75.0 Å². The van der Waals surface area contributed by atoms with Gasteiger partial charge in [-0.2, -0.15) is 5.10 Å². The minimum atomic E-state index is -0.857. The molecule has 0 aliphatic heterocycles. The van der Waals surface area contributed by atoms with Gasteiger partial charge in [-0.1, -0.05) is 29.3 Å². The normalized spacial score (nSPS) is 10.9. The fourth-order valence-electron chi connectivity index (χ4n) is 3.63. The van der Waals surface area contributed by atoms with Crippen LogP contribution in [0, 0.1) is 13.8 Å². The van der Waals surface area contributed by atoms with Crippen molar-refractivity contribution >= 4 is 41.2 Å². The van der Waals surface area contributed by atoms with Crippen LogP contribution in [0.5, 0.6) is 11.5 Å². The van der Waals surface area contributed by atoms with Crippen molar-refractivity contribution in [2.45, 2.75) is 20.3 Å². The molecule has 0 spiro atoms. The Hall–Kier alpha value is -3.49. The number of aromatic nitrogens is 1. The molecule has 2 amide bonds. The minimum absolute atomic E-state index is 0.273. The van der Waals surface area contributed by atoms with Gasteiger partial charge in [0.15, 0.2) is 11.5 Å². The highest BCUT2D eigenvalue weighted by Crippen LogP contribution is 2.28. The molecule has 0 aliphatic carbocycles. The number of nitrogens with zero attached hydrogens (tertiary/aromatic N) is 2. The average molecular weight is 517 g/mol. The Balaban J connectivity index is 1.56. The molecule has 8 nitrogen and oxygen atoms in total. The lowest BCUT2D eigenvalue weighted by Crippen LogP contribution is -2.38. The first-order valence-corrected chi connectivity index (χ1v) is 11.5. The number of amides is 2. The number of carbonyl (C=O) groups is 2. The molecule has 0 atom stereocenters. The maximum absolute atomic E-state index is 12.1. The third-order valence-electron chi connectivity index (χ3n) is 5.30. The van der Waals surface area contributed by atoms with Gasteiger partial charge in [0.2, 0.25) is 0 Å². The molecule has 2 N–H and O–H groups in total. The molecule has 1 aromatic heterocycles.